The standard InChI is InChI=1S/C16H34N2/c1-14-9-12-18(13-15(14)2)11-8-6-7-10-17-16(3,4)5/h14-15,17H,6-13H2,1-5H3. The first-order valence-electron chi connectivity index (χ1n) is 7.86. The van der Waals surface area contributed by atoms with Gasteiger partial charge in [0.05, 0.1) is 0 Å². The van der Waals surface area contributed by atoms with Crippen LogP contribution in [-0.4, -0.2) is 36.6 Å². The average molecular weight is 254 g/mol. The summed E-state index contributed by atoms with van der Waals surface area (Å²) in [6.45, 7) is 16.6. The van der Waals surface area contributed by atoms with Crippen LogP contribution in [0.5, 0.6) is 0 Å². The Morgan fingerprint density at radius 1 is 1.06 bits per heavy atom. The van der Waals surface area contributed by atoms with Crippen LogP contribution in [0.1, 0.15) is 60.3 Å². The summed E-state index contributed by atoms with van der Waals surface area (Å²) in [6, 6.07) is 0. The summed E-state index contributed by atoms with van der Waals surface area (Å²) in [7, 11) is 0. The molecule has 0 aromatic rings. The normalized spacial score (nSPS) is 26.5. The minimum atomic E-state index is 0.276. The van der Waals surface area contributed by atoms with Gasteiger partial charge in [-0.05, 0) is 71.5 Å². The highest BCUT2D eigenvalue weighted by molar-refractivity contribution is 4.75. The molecule has 2 heteroatoms. The summed E-state index contributed by atoms with van der Waals surface area (Å²) < 4.78 is 0. The molecule has 2 unspecified atom stereocenters. The molecule has 1 saturated heterocycles. The SMILES string of the molecule is CC1CCN(CCCCCNC(C)(C)C)CC1C. The fourth-order valence-electron chi connectivity index (χ4n) is 2.65. The van der Waals surface area contributed by atoms with Crippen molar-refractivity contribution in [1.82, 2.24) is 10.2 Å². The van der Waals surface area contributed by atoms with Crippen LogP contribution in [0.2, 0.25) is 0 Å². The number of unbranched alkanes of at least 4 members (excludes halogenated alkanes) is 2. The van der Waals surface area contributed by atoms with Gasteiger partial charge in [0.2, 0.25) is 0 Å². The quantitative estimate of drug-likeness (QED) is 0.730. The van der Waals surface area contributed by atoms with Crippen LogP contribution < -0.4 is 5.32 Å². The van der Waals surface area contributed by atoms with Crippen molar-refractivity contribution in [2.45, 2.75) is 65.8 Å². The van der Waals surface area contributed by atoms with Gasteiger partial charge < -0.3 is 10.2 Å². The number of rotatable bonds is 6. The van der Waals surface area contributed by atoms with Crippen molar-refractivity contribution in [2.75, 3.05) is 26.2 Å². The van der Waals surface area contributed by atoms with E-state index in [-0.39, 0.29) is 5.54 Å². The predicted octanol–water partition coefficient (Wildman–Crippen LogP) is 3.52. The molecular formula is C16H34N2. The minimum Gasteiger partial charge on any atom is -0.312 e. The van der Waals surface area contributed by atoms with E-state index in [1.807, 2.05) is 0 Å². The van der Waals surface area contributed by atoms with Crippen molar-refractivity contribution < 1.29 is 0 Å². The number of hydrogen-bond donors (Lipinski definition) is 1. The zero-order valence-electron chi connectivity index (χ0n) is 13.3. The van der Waals surface area contributed by atoms with E-state index >= 15 is 0 Å². The molecule has 0 aliphatic carbocycles. The molecule has 1 fully saturated rings. The van der Waals surface area contributed by atoms with Gasteiger partial charge in [0.15, 0.2) is 0 Å². The third-order valence-corrected chi connectivity index (χ3v) is 4.22. The second-order valence-corrected chi connectivity index (χ2v) is 7.28. The lowest BCUT2D eigenvalue weighted by atomic mass is 9.88. The summed E-state index contributed by atoms with van der Waals surface area (Å²) in [6.07, 6.45) is 5.44. The molecule has 0 bridgehead atoms. The van der Waals surface area contributed by atoms with E-state index in [4.69, 9.17) is 0 Å². The van der Waals surface area contributed by atoms with Crippen LogP contribution >= 0.6 is 0 Å². The molecule has 1 heterocycles. The van der Waals surface area contributed by atoms with Crippen LogP contribution in [0.15, 0.2) is 0 Å². The summed E-state index contributed by atoms with van der Waals surface area (Å²) >= 11 is 0. The highest BCUT2D eigenvalue weighted by atomic mass is 15.1. The Hall–Kier alpha value is -0.0800. The zero-order chi connectivity index (χ0) is 13.6. The Kier molecular flexibility index (Phi) is 6.65. The van der Waals surface area contributed by atoms with Crippen molar-refractivity contribution in [2.24, 2.45) is 11.8 Å². The number of piperidine rings is 1. The van der Waals surface area contributed by atoms with Crippen molar-refractivity contribution >= 4 is 0 Å². The molecule has 0 saturated carbocycles. The topological polar surface area (TPSA) is 15.3 Å². The summed E-state index contributed by atoms with van der Waals surface area (Å²) in [4.78, 5) is 2.67. The van der Waals surface area contributed by atoms with Crippen LogP contribution in [-0.2, 0) is 0 Å². The van der Waals surface area contributed by atoms with Crippen LogP contribution in [0.4, 0.5) is 0 Å². The largest absolute Gasteiger partial charge is 0.312 e. The zero-order valence-corrected chi connectivity index (χ0v) is 13.3. The number of nitrogens with zero attached hydrogens (tertiary/aromatic N) is 1. The van der Waals surface area contributed by atoms with E-state index in [1.54, 1.807) is 0 Å². The molecule has 0 aromatic carbocycles. The maximum atomic E-state index is 3.56. The van der Waals surface area contributed by atoms with Gasteiger partial charge in [-0.1, -0.05) is 20.3 Å². The van der Waals surface area contributed by atoms with Crippen molar-refractivity contribution in [3.8, 4) is 0 Å². The molecule has 0 radical (unpaired) electrons. The van der Waals surface area contributed by atoms with Gasteiger partial charge in [0, 0.05) is 12.1 Å². The highest BCUT2D eigenvalue weighted by Gasteiger charge is 2.21. The Labute approximate surface area is 115 Å². The average Bonchev–Trinajstić information content (AvgIpc) is 2.26. The molecule has 2 atom stereocenters. The monoisotopic (exact) mass is 254 g/mol. The first-order chi connectivity index (χ1) is 8.38. The number of likely N-dealkylation sites (tertiary alicyclic amines) is 1. The molecule has 1 rings (SSSR count). The van der Waals surface area contributed by atoms with Gasteiger partial charge in [-0.2, -0.15) is 0 Å². The minimum absolute atomic E-state index is 0.276. The molecule has 108 valence electrons. The van der Waals surface area contributed by atoms with E-state index in [2.05, 4.69) is 44.8 Å². The van der Waals surface area contributed by atoms with E-state index in [0.717, 1.165) is 18.4 Å². The lowest BCUT2D eigenvalue weighted by Gasteiger charge is -2.35. The van der Waals surface area contributed by atoms with E-state index in [1.165, 1.54) is 45.3 Å². The number of hydrogen-bond acceptors (Lipinski definition) is 2. The Balaban J connectivity index is 1.98. The Bertz CT molecular complexity index is 220. The summed E-state index contributed by atoms with van der Waals surface area (Å²) in [5, 5.41) is 3.56. The van der Waals surface area contributed by atoms with E-state index < -0.39 is 0 Å². The Morgan fingerprint density at radius 2 is 1.78 bits per heavy atom. The van der Waals surface area contributed by atoms with Crippen molar-refractivity contribution in [3.63, 3.8) is 0 Å². The van der Waals surface area contributed by atoms with Crippen molar-refractivity contribution in [3.05, 3.63) is 0 Å². The van der Waals surface area contributed by atoms with Gasteiger partial charge >= 0.3 is 0 Å². The summed E-state index contributed by atoms with van der Waals surface area (Å²) in [5.74, 6) is 1.82. The first kappa shape index (κ1) is 16.0. The maximum Gasteiger partial charge on any atom is 0.00965 e. The molecule has 1 aliphatic heterocycles. The lowest BCUT2D eigenvalue weighted by molar-refractivity contribution is 0.136. The second-order valence-electron chi connectivity index (χ2n) is 7.28. The molecule has 2 nitrogen and oxygen atoms in total. The van der Waals surface area contributed by atoms with Gasteiger partial charge in [-0.25, -0.2) is 0 Å². The molecule has 0 aromatic heterocycles. The van der Waals surface area contributed by atoms with Crippen molar-refractivity contribution in [1.29, 1.82) is 0 Å². The molecule has 1 N–H and O–H groups in total. The molecule has 18 heavy (non-hydrogen) atoms. The van der Waals surface area contributed by atoms with E-state index in [0.29, 0.717) is 0 Å². The maximum absolute atomic E-state index is 3.56. The van der Waals surface area contributed by atoms with Crippen LogP contribution in [0.3, 0.4) is 0 Å². The molecule has 1 aliphatic rings. The third kappa shape index (κ3) is 6.75. The smallest absolute Gasteiger partial charge is 0.00965 e. The summed E-state index contributed by atoms with van der Waals surface area (Å²) in [5.41, 5.74) is 0.276. The molecule has 0 amide bonds. The van der Waals surface area contributed by atoms with Gasteiger partial charge in [-0.15, -0.1) is 0 Å². The number of nitrogens with one attached hydrogen (secondary N) is 1. The van der Waals surface area contributed by atoms with Gasteiger partial charge in [0.1, 0.15) is 0 Å². The molecule has 0 spiro atoms. The van der Waals surface area contributed by atoms with Crippen LogP contribution in [0.25, 0.3) is 0 Å². The molecular weight excluding hydrogens is 220 g/mol. The van der Waals surface area contributed by atoms with Gasteiger partial charge in [0.25, 0.3) is 0 Å². The van der Waals surface area contributed by atoms with Crippen LogP contribution in [0, 0.1) is 11.8 Å². The fraction of sp³-hybridized carbons (Fsp3) is 1.00. The van der Waals surface area contributed by atoms with Gasteiger partial charge in [-0.3, -0.25) is 0 Å². The lowest BCUT2D eigenvalue weighted by Crippen LogP contribution is -2.39. The van der Waals surface area contributed by atoms with E-state index in [9.17, 15) is 0 Å². The fourth-order valence-corrected chi connectivity index (χ4v) is 2.65. The first-order valence-corrected chi connectivity index (χ1v) is 7.86. The highest BCUT2D eigenvalue weighted by Crippen LogP contribution is 2.22. The third-order valence-electron chi connectivity index (χ3n) is 4.22. The predicted molar refractivity (Wildman–Crippen MR) is 81.0 cm³/mol. The Morgan fingerprint density at radius 3 is 2.39 bits per heavy atom. The second kappa shape index (κ2) is 7.49.